The Labute approximate surface area is 144 Å². The maximum Gasteiger partial charge on any atom is 0.293 e. The van der Waals surface area contributed by atoms with Crippen LogP contribution < -0.4 is 9.47 Å². The van der Waals surface area contributed by atoms with Crippen molar-refractivity contribution >= 4 is 6.47 Å². The Kier molecular flexibility index (Phi) is 4.19. The van der Waals surface area contributed by atoms with Gasteiger partial charge >= 0.3 is 0 Å². The molecule has 2 heterocycles. The average Bonchev–Trinajstić information content (AvgIpc) is 2.57. The van der Waals surface area contributed by atoms with Gasteiger partial charge in [-0.15, -0.1) is 0 Å². The highest BCUT2D eigenvalue weighted by molar-refractivity contribution is 5.47. The van der Waals surface area contributed by atoms with Crippen molar-refractivity contribution in [1.82, 2.24) is 4.98 Å². The van der Waals surface area contributed by atoms with Gasteiger partial charge in [0, 0.05) is 17.8 Å². The van der Waals surface area contributed by atoms with E-state index in [2.05, 4.69) is 11.1 Å². The summed E-state index contributed by atoms with van der Waals surface area (Å²) in [4.78, 5) is 14.7. The number of nitrogens with zero attached hydrogens (tertiary/aromatic N) is 2. The predicted molar refractivity (Wildman–Crippen MR) is 86.1 cm³/mol. The van der Waals surface area contributed by atoms with Gasteiger partial charge in [0.25, 0.3) is 6.47 Å². The van der Waals surface area contributed by atoms with Gasteiger partial charge in [0.2, 0.25) is 5.88 Å². The van der Waals surface area contributed by atoms with E-state index in [9.17, 15) is 9.90 Å². The topological polar surface area (TPSA) is 102 Å². The normalized spacial score (nSPS) is 20.5. The summed E-state index contributed by atoms with van der Waals surface area (Å²) in [6.45, 7) is 3.90. The number of aromatic nitrogens is 1. The third-order valence-electron chi connectivity index (χ3n) is 3.96. The fraction of sp³-hybridized carbons (Fsp3) is 0.278. The maximum absolute atomic E-state index is 11.0. The molecule has 0 saturated heterocycles. The number of pyridine rings is 1. The van der Waals surface area contributed by atoms with Crippen LogP contribution in [0.15, 0.2) is 36.5 Å². The minimum atomic E-state index is -0.859. The van der Waals surface area contributed by atoms with Crippen LogP contribution in [0.5, 0.6) is 17.4 Å². The summed E-state index contributed by atoms with van der Waals surface area (Å²) in [5.41, 5.74) is 0.154. The lowest BCUT2D eigenvalue weighted by atomic mass is 9.87. The van der Waals surface area contributed by atoms with E-state index in [1.807, 2.05) is 0 Å². The average molecular weight is 340 g/mol. The summed E-state index contributed by atoms with van der Waals surface area (Å²) in [6.07, 6.45) is -0.0852. The molecule has 25 heavy (non-hydrogen) atoms. The summed E-state index contributed by atoms with van der Waals surface area (Å²) in [5, 5.41) is 18.7. The molecule has 1 aliphatic rings. The lowest BCUT2D eigenvalue weighted by Crippen LogP contribution is -2.51. The van der Waals surface area contributed by atoms with Crippen LogP contribution in [0.3, 0.4) is 0 Å². The first-order valence-corrected chi connectivity index (χ1v) is 7.58. The van der Waals surface area contributed by atoms with Crippen LogP contribution in [0.4, 0.5) is 0 Å². The molecule has 0 radical (unpaired) electrons. The second-order valence-electron chi connectivity index (χ2n) is 6.11. The Bertz CT molecular complexity index is 844. The number of benzene rings is 1. The molecule has 7 heteroatoms. The number of hydrogen-bond acceptors (Lipinski definition) is 7. The zero-order valence-electron chi connectivity index (χ0n) is 13.7. The second kappa shape index (κ2) is 6.32. The first kappa shape index (κ1) is 16.6. The Morgan fingerprint density at radius 1 is 1.36 bits per heavy atom. The summed E-state index contributed by atoms with van der Waals surface area (Å²) in [7, 11) is 0. The van der Waals surface area contributed by atoms with Crippen LogP contribution in [0, 0.1) is 11.3 Å². The van der Waals surface area contributed by atoms with Crippen molar-refractivity contribution < 1.29 is 24.1 Å². The van der Waals surface area contributed by atoms with Crippen molar-refractivity contribution in [2.24, 2.45) is 0 Å². The van der Waals surface area contributed by atoms with Crippen molar-refractivity contribution in [2.45, 2.75) is 31.7 Å². The van der Waals surface area contributed by atoms with Gasteiger partial charge in [-0.25, -0.2) is 4.98 Å². The Morgan fingerprint density at radius 2 is 2.16 bits per heavy atom. The fourth-order valence-corrected chi connectivity index (χ4v) is 2.84. The van der Waals surface area contributed by atoms with Crippen molar-refractivity contribution in [2.75, 3.05) is 0 Å². The van der Waals surface area contributed by atoms with E-state index < -0.39 is 17.8 Å². The first-order valence-electron chi connectivity index (χ1n) is 7.58. The van der Waals surface area contributed by atoms with Gasteiger partial charge < -0.3 is 19.3 Å². The number of carbonyl (C=O) groups excluding carboxylic acids is 1. The summed E-state index contributed by atoms with van der Waals surface area (Å²) >= 11 is 0. The minimum absolute atomic E-state index is 0.192. The van der Waals surface area contributed by atoms with Crippen molar-refractivity contribution in [1.29, 1.82) is 5.26 Å². The molecule has 0 amide bonds. The molecule has 128 valence electrons. The Balaban J connectivity index is 2.09. The first-order chi connectivity index (χ1) is 11.9. The van der Waals surface area contributed by atoms with Crippen LogP contribution in [0.1, 0.15) is 31.1 Å². The monoisotopic (exact) mass is 340 g/mol. The van der Waals surface area contributed by atoms with Crippen LogP contribution in [0.25, 0.3) is 0 Å². The summed E-state index contributed by atoms with van der Waals surface area (Å²) < 4.78 is 17.2. The maximum atomic E-state index is 11.0. The summed E-state index contributed by atoms with van der Waals surface area (Å²) in [5.74, 6) is 0.698. The Hall–Kier alpha value is -3.27. The SMILES string of the molecule is CC1(C)Oc2ccc(C#N)cc2C(Oc2ccnc(O)c2)C1OC=O. The number of aromatic hydroxyl groups is 1. The molecule has 0 bridgehead atoms. The quantitative estimate of drug-likeness (QED) is 0.853. The molecule has 7 nitrogen and oxygen atoms in total. The fourth-order valence-electron chi connectivity index (χ4n) is 2.84. The van der Waals surface area contributed by atoms with Crippen LogP contribution in [-0.4, -0.2) is 28.3 Å². The molecular weight excluding hydrogens is 324 g/mol. The molecule has 1 aliphatic heterocycles. The zero-order chi connectivity index (χ0) is 18.0. The number of hydrogen-bond donors (Lipinski definition) is 1. The number of fused-ring (bicyclic) bond motifs is 1. The molecular formula is C18H16N2O5. The molecule has 1 aromatic heterocycles. The molecule has 0 saturated carbocycles. The van der Waals surface area contributed by atoms with E-state index in [0.717, 1.165) is 0 Å². The predicted octanol–water partition coefficient (Wildman–Crippen LogP) is 2.49. The third-order valence-corrected chi connectivity index (χ3v) is 3.96. The van der Waals surface area contributed by atoms with E-state index >= 15 is 0 Å². The third kappa shape index (κ3) is 3.19. The van der Waals surface area contributed by atoms with Crippen molar-refractivity contribution in [3.05, 3.63) is 47.7 Å². The number of ether oxygens (including phenoxy) is 3. The smallest absolute Gasteiger partial charge is 0.293 e. The van der Waals surface area contributed by atoms with Gasteiger partial charge in [0.15, 0.2) is 12.2 Å². The van der Waals surface area contributed by atoms with Gasteiger partial charge in [-0.05, 0) is 38.1 Å². The molecule has 1 aromatic carbocycles. The number of rotatable bonds is 4. The van der Waals surface area contributed by atoms with E-state index in [0.29, 0.717) is 29.1 Å². The summed E-state index contributed by atoms with van der Waals surface area (Å²) in [6, 6.07) is 9.97. The number of carbonyl (C=O) groups is 1. The standard InChI is InChI=1S/C18H16N2O5/c1-18(2)17(23-10-21)16(24-12-5-6-20-15(22)8-12)13-7-11(9-19)3-4-14(13)25-18/h3-8,10,16-17H,1-2H3,(H,20,22). The molecule has 2 aromatic rings. The molecule has 0 spiro atoms. The van der Waals surface area contributed by atoms with Crippen molar-refractivity contribution in [3.63, 3.8) is 0 Å². The zero-order valence-corrected chi connectivity index (χ0v) is 13.7. The molecule has 2 atom stereocenters. The highest BCUT2D eigenvalue weighted by Crippen LogP contribution is 2.43. The van der Waals surface area contributed by atoms with E-state index in [4.69, 9.17) is 19.5 Å². The van der Waals surface area contributed by atoms with Gasteiger partial charge in [-0.3, -0.25) is 4.79 Å². The van der Waals surface area contributed by atoms with E-state index in [-0.39, 0.29) is 5.88 Å². The highest BCUT2D eigenvalue weighted by Gasteiger charge is 2.47. The molecule has 0 aliphatic carbocycles. The van der Waals surface area contributed by atoms with Crippen LogP contribution in [-0.2, 0) is 9.53 Å². The van der Waals surface area contributed by atoms with Gasteiger partial charge in [0.1, 0.15) is 17.1 Å². The van der Waals surface area contributed by atoms with Crippen LogP contribution >= 0.6 is 0 Å². The molecule has 2 unspecified atom stereocenters. The van der Waals surface area contributed by atoms with E-state index in [1.165, 1.54) is 12.3 Å². The highest BCUT2D eigenvalue weighted by atomic mass is 16.6. The molecule has 0 fully saturated rings. The lowest BCUT2D eigenvalue weighted by molar-refractivity contribution is -0.160. The van der Waals surface area contributed by atoms with Gasteiger partial charge in [0.05, 0.1) is 11.6 Å². The van der Waals surface area contributed by atoms with E-state index in [1.54, 1.807) is 38.1 Å². The Morgan fingerprint density at radius 3 is 2.84 bits per heavy atom. The molecule has 1 N–H and O–H groups in total. The molecule has 3 rings (SSSR count). The number of nitriles is 1. The van der Waals surface area contributed by atoms with Gasteiger partial charge in [-0.2, -0.15) is 5.26 Å². The van der Waals surface area contributed by atoms with Crippen LogP contribution in [0.2, 0.25) is 0 Å². The largest absolute Gasteiger partial charge is 0.493 e. The second-order valence-corrected chi connectivity index (χ2v) is 6.11. The van der Waals surface area contributed by atoms with Crippen molar-refractivity contribution in [3.8, 4) is 23.4 Å². The minimum Gasteiger partial charge on any atom is -0.493 e. The van der Waals surface area contributed by atoms with Gasteiger partial charge in [-0.1, -0.05) is 0 Å². The lowest BCUT2D eigenvalue weighted by Gasteiger charge is -2.43.